The van der Waals surface area contributed by atoms with Crippen molar-refractivity contribution in [2.24, 2.45) is 0 Å². The minimum Gasteiger partial charge on any atom is -0.364 e. The molecule has 0 unspecified atom stereocenters. The Balaban J connectivity index is 1.41. The summed E-state index contributed by atoms with van der Waals surface area (Å²) in [6.45, 7) is 1.90. The third-order valence-electron chi connectivity index (χ3n) is 4.87. The molecule has 1 aliphatic rings. The van der Waals surface area contributed by atoms with E-state index in [0.717, 1.165) is 41.4 Å². The molecule has 1 aliphatic heterocycles. The van der Waals surface area contributed by atoms with Crippen molar-refractivity contribution >= 4 is 39.7 Å². The quantitative estimate of drug-likeness (QED) is 0.502. The lowest BCUT2D eigenvalue weighted by atomic mass is 10.2. The summed E-state index contributed by atoms with van der Waals surface area (Å²) in [7, 11) is 0. The summed E-state index contributed by atoms with van der Waals surface area (Å²) in [5.74, 6) is 1.09. The van der Waals surface area contributed by atoms with Crippen molar-refractivity contribution in [1.82, 2.24) is 9.97 Å². The van der Waals surface area contributed by atoms with Crippen LogP contribution in [0.25, 0.3) is 10.9 Å². The Morgan fingerprint density at radius 3 is 2.93 bits per heavy atom. The van der Waals surface area contributed by atoms with Crippen molar-refractivity contribution in [2.75, 3.05) is 22.5 Å². The third kappa shape index (κ3) is 3.26. The number of thioether (sulfide) groups is 1. The minimum absolute atomic E-state index is 0.851. The second-order valence-electron chi connectivity index (χ2n) is 6.65. The molecule has 0 atom stereocenters. The predicted molar refractivity (Wildman–Crippen MR) is 114 cm³/mol. The highest BCUT2D eigenvalue weighted by molar-refractivity contribution is 7.99. The summed E-state index contributed by atoms with van der Waals surface area (Å²) in [5.41, 5.74) is 5.77. The molecule has 27 heavy (non-hydrogen) atoms. The fraction of sp³-hybridized carbons (Fsp3) is 0.136. The minimum atomic E-state index is 0.851. The number of aromatic nitrogens is 2. The fourth-order valence-corrected chi connectivity index (χ4v) is 4.62. The SMILES string of the molecule is c1ccc(CN2CCSc3cc(Nc4c[nH]c5ccccc45)ccc32)nc1. The third-order valence-corrected chi connectivity index (χ3v) is 5.89. The first-order chi connectivity index (χ1) is 13.4. The summed E-state index contributed by atoms with van der Waals surface area (Å²) in [6, 6.07) is 21.1. The van der Waals surface area contributed by atoms with E-state index in [1.54, 1.807) is 0 Å². The fourth-order valence-electron chi connectivity index (χ4n) is 3.54. The Labute approximate surface area is 162 Å². The topological polar surface area (TPSA) is 44.0 Å². The van der Waals surface area contributed by atoms with E-state index >= 15 is 0 Å². The first kappa shape index (κ1) is 16.3. The summed E-state index contributed by atoms with van der Waals surface area (Å²) >= 11 is 1.92. The van der Waals surface area contributed by atoms with E-state index in [9.17, 15) is 0 Å². The van der Waals surface area contributed by atoms with Gasteiger partial charge in [0.25, 0.3) is 0 Å². The van der Waals surface area contributed by atoms with E-state index < -0.39 is 0 Å². The van der Waals surface area contributed by atoms with E-state index in [4.69, 9.17) is 0 Å². The van der Waals surface area contributed by atoms with Gasteiger partial charge in [-0.2, -0.15) is 0 Å². The molecule has 2 aromatic carbocycles. The number of H-pyrrole nitrogens is 1. The summed E-state index contributed by atoms with van der Waals surface area (Å²) in [6.07, 6.45) is 3.90. The number of anilines is 3. The van der Waals surface area contributed by atoms with Crippen molar-refractivity contribution < 1.29 is 0 Å². The maximum atomic E-state index is 4.48. The number of hydrogen-bond acceptors (Lipinski definition) is 4. The van der Waals surface area contributed by atoms with Crippen molar-refractivity contribution in [1.29, 1.82) is 0 Å². The van der Waals surface area contributed by atoms with Gasteiger partial charge in [-0.3, -0.25) is 4.98 Å². The Morgan fingerprint density at radius 1 is 1.07 bits per heavy atom. The van der Waals surface area contributed by atoms with E-state index in [1.165, 1.54) is 16.0 Å². The number of hydrogen-bond donors (Lipinski definition) is 2. The van der Waals surface area contributed by atoms with Crippen molar-refractivity contribution in [3.8, 4) is 0 Å². The Bertz CT molecular complexity index is 1070. The van der Waals surface area contributed by atoms with E-state index in [2.05, 4.69) is 68.7 Å². The molecule has 0 amide bonds. The maximum absolute atomic E-state index is 4.48. The molecule has 4 aromatic rings. The number of nitrogens with one attached hydrogen (secondary N) is 2. The van der Waals surface area contributed by atoms with Crippen LogP contribution in [0.3, 0.4) is 0 Å². The van der Waals surface area contributed by atoms with Gasteiger partial charge in [-0.05, 0) is 36.4 Å². The molecule has 0 saturated carbocycles. The zero-order chi connectivity index (χ0) is 18.1. The molecular weight excluding hydrogens is 352 g/mol. The maximum Gasteiger partial charge on any atom is 0.0641 e. The molecule has 0 bridgehead atoms. The lowest BCUT2D eigenvalue weighted by Gasteiger charge is -2.31. The van der Waals surface area contributed by atoms with E-state index in [1.807, 2.05) is 36.3 Å². The van der Waals surface area contributed by atoms with Crippen molar-refractivity contribution in [3.63, 3.8) is 0 Å². The van der Waals surface area contributed by atoms with E-state index in [-0.39, 0.29) is 0 Å². The molecule has 2 aromatic heterocycles. The smallest absolute Gasteiger partial charge is 0.0641 e. The van der Waals surface area contributed by atoms with Crippen LogP contribution in [0.2, 0.25) is 0 Å². The predicted octanol–water partition coefficient (Wildman–Crippen LogP) is 5.42. The lowest BCUT2D eigenvalue weighted by Crippen LogP contribution is -2.28. The highest BCUT2D eigenvalue weighted by Gasteiger charge is 2.18. The van der Waals surface area contributed by atoms with Crippen molar-refractivity contribution in [3.05, 3.63) is 78.8 Å². The van der Waals surface area contributed by atoms with Crippen LogP contribution < -0.4 is 10.2 Å². The van der Waals surface area contributed by atoms with Gasteiger partial charge in [0, 0.05) is 46.2 Å². The Kier molecular flexibility index (Phi) is 4.22. The average molecular weight is 372 g/mol. The molecule has 0 fully saturated rings. The lowest BCUT2D eigenvalue weighted by molar-refractivity contribution is 0.797. The van der Waals surface area contributed by atoms with Gasteiger partial charge < -0.3 is 15.2 Å². The second-order valence-corrected chi connectivity index (χ2v) is 7.78. The highest BCUT2D eigenvalue weighted by atomic mass is 32.2. The Morgan fingerprint density at radius 2 is 2.00 bits per heavy atom. The molecular formula is C22H20N4S. The number of rotatable bonds is 4. The van der Waals surface area contributed by atoms with Crippen LogP contribution in [0.4, 0.5) is 17.1 Å². The summed E-state index contributed by atoms with van der Waals surface area (Å²) in [4.78, 5) is 11.5. The number of para-hydroxylation sites is 1. The Hall–Kier alpha value is -2.92. The van der Waals surface area contributed by atoms with Crippen LogP contribution in [-0.4, -0.2) is 22.3 Å². The number of benzene rings is 2. The first-order valence-corrected chi connectivity index (χ1v) is 10.1. The van der Waals surface area contributed by atoms with Crippen LogP contribution in [0, 0.1) is 0 Å². The standard InChI is InChI=1S/C22H20N4S/c1-2-7-19-18(6-1)20(14-24-19)25-16-8-9-21-22(13-16)27-12-11-26(21)15-17-5-3-4-10-23-17/h1-10,13-14,24-25H,11-12,15H2. The molecule has 5 rings (SSSR count). The molecule has 0 saturated heterocycles. The van der Waals surface area contributed by atoms with Gasteiger partial charge in [-0.1, -0.05) is 24.3 Å². The first-order valence-electron chi connectivity index (χ1n) is 9.12. The van der Waals surface area contributed by atoms with Gasteiger partial charge in [-0.15, -0.1) is 11.8 Å². The van der Waals surface area contributed by atoms with Gasteiger partial charge in [-0.25, -0.2) is 0 Å². The van der Waals surface area contributed by atoms with Crippen LogP contribution in [0.1, 0.15) is 5.69 Å². The van der Waals surface area contributed by atoms with Crippen LogP contribution in [0.15, 0.2) is 78.0 Å². The van der Waals surface area contributed by atoms with Crippen LogP contribution in [0.5, 0.6) is 0 Å². The van der Waals surface area contributed by atoms with E-state index in [0.29, 0.717) is 0 Å². The number of nitrogens with zero attached hydrogens (tertiary/aromatic N) is 2. The largest absolute Gasteiger partial charge is 0.364 e. The van der Waals surface area contributed by atoms with Gasteiger partial charge in [0.2, 0.25) is 0 Å². The van der Waals surface area contributed by atoms with Crippen LogP contribution >= 0.6 is 11.8 Å². The highest BCUT2D eigenvalue weighted by Crippen LogP contribution is 2.38. The van der Waals surface area contributed by atoms with Crippen LogP contribution in [-0.2, 0) is 6.54 Å². The molecule has 134 valence electrons. The molecule has 2 N–H and O–H groups in total. The molecule has 4 nitrogen and oxygen atoms in total. The van der Waals surface area contributed by atoms with Crippen molar-refractivity contribution in [2.45, 2.75) is 11.4 Å². The zero-order valence-electron chi connectivity index (χ0n) is 14.9. The molecule has 3 heterocycles. The molecule has 0 radical (unpaired) electrons. The zero-order valence-corrected chi connectivity index (χ0v) is 15.7. The summed E-state index contributed by atoms with van der Waals surface area (Å²) < 4.78 is 0. The van der Waals surface area contributed by atoms with Gasteiger partial charge in [0.15, 0.2) is 0 Å². The number of aromatic amines is 1. The van der Waals surface area contributed by atoms with Gasteiger partial charge in [0.05, 0.1) is 23.6 Å². The monoisotopic (exact) mass is 372 g/mol. The van der Waals surface area contributed by atoms with Gasteiger partial charge >= 0.3 is 0 Å². The number of fused-ring (bicyclic) bond motifs is 2. The van der Waals surface area contributed by atoms with Gasteiger partial charge in [0.1, 0.15) is 0 Å². The normalized spacial score (nSPS) is 13.6. The molecule has 0 spiro atoms. The molecule has 0 aliphatic carbocycles. The number of pyridine rings is 1. The molecule has 5 heteroatoms. The average Bonchev–Trinajstić information content (AvgIpc) is 3.12. The summed E-state index contributed by atoms with van der Waals surface area (Å²) in [5, 5.41) is 4.77. The second kappa shape index (κ2) is 7.00.